The molecule has 1 heterocycles. The van der Waals surface area contributed by atoms with Crippen molar-refractivity contribution in [3.05, 3.63) is 50.5 Å². The van der Waals surface area contributed by atoms with E-state index in [1.807, 2.05) is 25.1 Å². The second kappa shape index (κ2) is 5.71. The Morgan fingerprint density at radius 3 is 2.68 bits per heavy atom. The van der Waals surface area contributed by atoms with Crippen LogP contribution >= 0.6 is 31.9 Å². The number of benzene rings is 1. The molecule has 0 aliphatic rings. The highest BCUT2D eigenvalue weighted by Crippen LogP contribution is 2.32. The molecule has 1 aromatic heterocycles. The van der Waals surface area contributed by atoms with Crippen LogP contribution in [0.5, 0.6) is 11.6 Å². The molecule has 2 rings (SSSR count). The monoisotopic (exact) mass is 383 g/mol. The van der Waals surface area contributed by atoms with Crippen molar-refractivity contribution < 1.29 is 4.74 Å². The van der Waals surface area contributed by atoms with Gasteiger partial charge in [0.05, 0.1) is 10.0 Å². The highest BCUT2D eigenvalue weighted by Gasteiger charge is 2.13. The largest absolute Gasteiger partial charge is 0.437 e. The highest BCUT2D eigenvalue weighted by atomic mass is 79.9. The summed E-state index contributed by atoms with van der Waals surface area (Å²) in [6.07, 6.45) is 1.63. The lowest BCUT2D eigenvalue weighted by molar-refractivity contribution is 0.458. The molecular formula is C13H11Br2N3O. The number of hydrogen-bond acceptors (Lipinski definition) is 3. The molecule has 1 aromatic carbocycles. The third kappa shape index (κ3) is 3.13. The van der Waals surface area contributed by atoms with Gasteiger partial charge in [0.25, 0.3) is 0 Å². The molecule has 0 saturated heterocycles. The Kier molecular flexibility index (Phi) is 4.21. The van der Waals surface area contributed by atoms with Crippen LogP contribution in [-0.2, 0) is 0 Å². The third-order valence-electron chi connectivity index (χ3n) is 2.49. The number of aryl methyl sites for hydroxylation is 1. The number of nitrogens with one attached hydrogen (secondary N) is 1. The predicted molar refractivity (Wildman–Crippen MR) is 81.9 cm³/mol. The third-order valence-corrected chi connectivity index (χ3v) is 3.61. The zero-order valence-corrected chi connectivity index (χ0v) is 13.2. The number of nitrogens with two attached hydrogens (primary N) is 1. The Bertz CT molecular complexity index is 644. The molecule has 0 aliphatic heterocycles. The number of rotatable bonds is 3. The molecular weight excluding hydrogens is 374 g/mol. The number of amidine groups is 1. The van der Waals surface area contributed by atoms with E-state index < -0.39 is 0 Å². The number of aromatic nitrogens is 1. The summed E-state index contributed by atoms with van der Waals surface area (Å²) in [7, 11) is 0. The van der Waals surface area contributed by atoms with Crippen molar-refractivity contribution in [3.8, 4) is 11.6 Å². The number of ether oxygens (including phenoxy) is 1. The molecule has 0 spiro atoms. The van der Waals surface area contributed by atoms with Gasteiger partial charge < -0.3 is 10.5 Å². The van der Waals surface area contributed by atoms with Gasteiger partial charge in [-0.3, -0.25) is 5.41 Å². The Morgan fingerprint density at radius 1 is 1.32 bits per heavy atom. The summed E-state index contributed by atoms with van der Waals surface area (Å²) in [6.45, 7) is 1.86. The van der Waals surface area contributed by atoms with Crippen molar-refractivity contribution in [2.24, 2.45) is 5.73 Å². The maximum atomic E-state index is 7.61. The Labute approximate surface area is 127 Å². The zero-order chi connectivity index (χ0) is 14.0. The van der Waals surface area contributed by atoms with Gasteiger partial charge in [0.2, 0.25) is 5.88 Å². The normalized spacial score (nSPS) is 10.3. The van der Waals surface area contributed by atoms with E-state index in [1.54, 1.807) is 12.3 Å². The molecule has 2 aromatic rings. The van der Waals surface area contributed by atoms with Crippen LogP contribution in [0.2, 0.25) is 0 Å². The van der Waals surface area contributed by atoms with Gasteiger partial charge in [-0.2, -0.15) is 0 Å². The van der Waals surface area contributed by atoms with E-state index >= 15 is 0 Å². The molecule has 4 nitrogen and oxygen atoms in total. The zero-order valence-electron chi connectivity index (χ0n) is 10.1. The predicted octanol–water partition coefficient (Wildman–Crippen LogP) is 3.99. The second-order valence-corrected chi connectivity index (χ2v) is 5.67. The van der Waals surface area contributed by atoms with Gasteiger partial charge in [-0.1, -0.05) is 15.9 Å². The smallest absolute Gasteiger partial charge is 0.230 e. The van der Waals surface area contributed by atoms with E-state index in [1.165, 1.54) is 0 Å². The standard InChI is InChI=1S/C13H11Br2N3O/c1-7-4-5-18-13(11(7)12(16)17)19-10-3-2-8(14)6-9(10)15/h2-6H,1H3,(H3,16,17). The Hall–Kier alpha value is -1.40. The Morgan fingerprint density at radius 2 is 2.05 bits per heavy atom. The molecule has 0 saturated carbocycles. The summed E-state index contributed by atoms with van der Waals surface area (Å²) in [5.41, 5.74) is 6.94. The van der Waals surface area contributed by atoms with Gasteiger partial charge in [0.1, 0.15) is 11.6 Å². The number of nitrogen functional groups attached to an aromatic ring is 1. The van der Waals surface area contributed by atoms with Crippen molar-refractivity contribution in [3.63, 3.8) is 0 Å². The molecule has 6 heteroatoms. The maximum Gasteiger partial charge on any atom is 0.230 e. The summed E-state index contributed by atoms with van der Waals surface area (Å²) in [6, 6.07) is 7.34. The van der Waals surface area contributed by atoms with Crippen molar-refractivity contribution >= 4 is 37.7 Å². The first-order chi connectivity index (χ1) is 8.99. The van der Waals surface area contributed by atoms with Crippen molar-refractivity contribution in [2.45, 2.75) is 6.92 Å². The second-order valence-electron chi connectivity index (χ2n) is 3.90. The quantitative estimate of drug-likeness (QED) is 0.620. The van der Waals surface area contributed by atoms with Gasteiger partial charge in [-0.05, 0) is 52.7 Å². The molecule has 98 valence electrons. The lowest BCUT2D eigenvalue weighted by Crippen LogP contribution is -2.14. The number of halogens is 2. The molecule has 0 atom stereocenters. The molecule has 0 amide bonds. The lowest BCUT2D eigenvalue weighted by Gasteiger charge is -2.12. The van der Waals surface area contributed by atoms with Gasteiger partial charge >= 0.3 is 0 Å². The van der Waals surface area contributed by atoms with Crippen LogP contribution in [0, 0.1) is 12.3 Å². The molecule has 0 unspecified atom stereocenters. The summed E-state index contributed by atoms with van der Waals surface area (Å²) in [4.78, 5) is 4.14. The fourth-order valence-electron chi connectivity index (χ4n) is 1.60. The van der Waals surface area contributed by atoms with Crippen molar-refractivity contribution in [1.29, 1.82) is 5.41 Å². The van der Waals surface area contributed by atoms with Crippen LogP contribution in [0.1, 0.15) is 11.1 Å². The molecule has 0 aliphatic carbocycles. The topological polar surface area (TPSA) is 72.0 Å². The first kappa shape index (κ1) is 14.0. The number of pyridine rings is 1. The fourth-order valence-corrected chi connectivity index (χ4v) is 2.73. The van der Waals surface area contributed by atoms with Crippen molar-refractivity contribution in [1.82, 2.24) is 4.98 Å². The average molecular weight is 385 g/mol. The van der Waals surface area contributed by atoms with E-state index in [2.05, 4.69) is 36.8 Å². The minimum absolute atomic E-state index is 0.0613. The van der Waals surface area contributed by atoms with Crippen LogP contribution in [0.25, 0.3) is 0 Å². The molecule has 0 radical (unpaired) electrons. The summed E-state index contributed by atoms with van der Waals surface area (Å²) in [5, 5.41) is 7.61. The Balaban J connectivity index is 2.44. The number of nitrogens with zero attached hydrogens (tertiary/aromatic N) is 1. The van der Waals surface area contributed by atoms with E-state index in [4.69, 9.17) is 15.9 Å². The SMILES string of the molecule is Cc1ccnc(Oc2ccc(Br)cc2Br)c1C(=N)N. The minimum atomic E-state index is -0.0613. The van der Waals surface area contributed by atoms with Gasteiger partial charge in [0, 0.05) is 10.7 Å². The fraction of sp³-hybridized carbons (Fsp3) is 0.0769. The van der Waals surface area contributed by atoms with E-state index in [-0.39, 0.29) is 5.84 Å². The van der Waals surface area contributed by atoms with Crippen LogP contribution < -0.4 is 10.5 Å². The maximum absolute atomic E-state index is 7.61. The lowest BCUT2D eigenvalue weighted by atomic mass is 10.1. The summed E-state index contributed by atoms with van der Waals surface area (Å²) < 4.78 is 7.47. The minimum Gasteiger partial charge on any atom is -0.437 e. The first-order valence-corrected chi connectivity index (χ1v) is 7.00. The van der Waals surface area contributed by atoms with Gasteiger partial charge in [0.15, 0.2) is 0 Å². The highest BCUT2D eigenvalue weighted by molar-refractivity contribution is 9.11. The van der Waals surface area contributed by atoms with E-state index in [0.29, 0.717) is 17.2 Å². The van der Waals surface area contributed by atoms with Crippen LogP contribution in [0.4, 0.5) is 0 Å². The summed E-state index contributed by atoms with van der Waals surface area (Å²) in [5.74, 6) is 0.883. The van der Waals surface area contributed by atoms with Crippen LogP contribution in [0.15, 0.2) is 39.4 Å². The number of hydrogen-bond donors (Lipinski definition) is 2. The summed E-state index contributed by atoms with van der Waals surface area (Å²) >= 11 is 6.79. The van der Waals surface area contributed by atoms with Crippen molar-refractivity contribution in [2.75, 3.05) is 0 Å². The van der Waals surface area contributed by atoms with E-state index in [9.17, 15) is 0 Å². The van der Waals surface area contributed by atoms with Crippen LogP contribution in [-0.4, -0.2) is 10.8 Å². The molecule has 19 heavy (non-hydrogen) atoms. The molecule has 3 N–H and O–H groups in total. The van der Waals surface area contributed by atoms with Crippen LogP contribution in [0.3, 0.4) is 0 Å². The van der Waals surface area contributed by atoms with Gasteiger partial charge in [-0.25, -0.2) is 4.98 Å². The first-order valence-electron chi connectivity index (χ1n) is 5.42. The molecule has 0 fully saturated rings. The molecule has 0 bridgehead atoms. The van der Waals surface area contributed by atoms with E-state index in [0.717, 1.165) is 14.5 Å². The van der Waals surface area contributed by atoms with Gasteiger partial charge in [-0.15, -0.1) is 0 Å². The average Bonchev–Trinajstić information content (AvgIpc) is 2.32.